The van der Waals surface area contributed by atoms with Crippen LogP contribution >= 0.6 is 0 Å². The Kier molecular flexibility index (Phi) is 9.00. The maximum atomic E-state index is 12.2. The summed E-state index contributed by atoms with van der Waals surface area (Å²) < 4.78 is 5.31. The number of carbonyl (C=O) groups is 3. The van der Waals surface area contributed by atoms with Gasteiger partial charge in [0.15, 0.2) is 0 Å². The minimum absolute atomic E-state index is 0.316. The average Bonchev–Trinajstić information content (AvgIpc) is 2.99. The first-order chi connectivity index (χ1) is 19.3. The molecule has 40 heavy (non-hydrogen) atoms. The summed E-state index contributed by atoms with van der Waals surface area (Å²) in [5.41, 5.74) is 8.03. The maximum absolute atomic E-state index is 12.2. The van der Waals surface area contributed by atoms with E-state index in [0.29, 0.717) is 22.4 Å². The van der Waals surface area contributed by atoms with Gasteiger partial charge in [0.2, 0.25) is 0 Å². The Morgan fingerprint density at radius 2 is 0.925 bits per heavy atom. The van der Waals surface area contributed by atoms with Crippen molar-refractivity contribution < 1.29 is 24.2 Å². The van der Waals surface area contributed by atoms with Crippen LogP contribution in [0, 0.1) is 13.8 Å². The Morgan fingerprint density at radius 3 is 1.30 bits per heavy atom. The molecule has 0 aliphatic rings. The number of benzene rings is 5. The van der Waals surface area contributed by atoms with E-state index in [-0.39, 0.29) is 0 Å². The number of hydrogen-bond donors (Lipinski definition) is 1. The van der Waals surface area contributed by atoms with Crippen molar-refractivity contribution in [2.45, 2.75) is 13.8 Å². The zero-order valence-electron chi connectivity index (χ0n) is 22.2. The van der Waals surface area contributed by atoms with E-state index in [4.69, 9.17) is 9.84 Å². The van der Waals surface area contributed by atoms with Crippen LogP contribution in [0.3, 0.4) is 0 Å². The Bertz CT molecular complexity index is 1580. The van der Waals surface area contributed by atoms with Gasteiger partial charge in [-0.1, -0.05) is 83.9 Å². The first-order valence-electron chi connectivity index (χ1n) is 12.7. The lowest BCUT2D eigenvalue weighted by Crippen LogP contribution is -2.08. The van der Waals surface area contributed by atoms with Crippen LogP contribution in [0.2, 0.25) is 0 Å². The van der Waals surface area contributed by atoms with Gasteiger partial charge in [0, 0.05) is 5.56 Å². The number of carboxylic acid groups (broad SMARTS) is 1. The van der Waals surface area contributed by atoms with Crippen molar-refractivity contribution in [1.82, 2.24) is 0 Å². The van der Waals surface area contributed by atoms with Crippen molar-refractivity contribution in [1.29, 1.82) is 0 Å². The molecule has 0 radical (unpaired) electrons. The summed E-state index contributed by atoms with van der Waals surface area (Å²) in [5.74, 6) is -0.909. The summed E-state index contributed by atoms with van der Waals surface area (Å²) >= 11 is 0. The molecular weight excluding hydrogens is 500 g/mol. The summed E-state index contributed by atoms with van der Waals surface area (Å²) in [7, 11) is 0. The molecule has 5 heteroatoms. The maximum Gasteiger partial charge on any atom is 0.343 e. The van der Waals surface area contributed by atoms with Gasteiger partial charge < -0.3 is 9.84 Å². The van der Waals surface area contributed by atoms with Gasteiger partial charge in [-0.3, -0.25) is 4.79 Å². The summed E-state index contributed by atoms with van der Waals surface area (Å²) in [6.07, 6.45) is 0.745. The molecular formula is C35H28O5. The number of rotatable bonds is 6. The summed E-state index contributed by atoms with van der Waals surface area (Å²) in [6, 6.07) is 37.0. The molecule has 1 N–H and O–H groups in total. The van der Waals surface area contributed by atoms with E-state index >= 15 is 0 Å². The molecule has 5 nitrogen and oxygen atoms in total. The Labute approximate surface area is 233 Å². The predicted octanol–water partition coefficient (Wildman–Crippen LogP) is 8.05. The van der Waals surface area contributed by atoms with E-state index in [2.05, 4.69) is 24.3 Å². The van der Waals surface area contributed by atoms with E-state index < -0.39 is 11.9 Å². The number of carbonyl (C=O) groups excluding carboxylic acids is 2. The third-order valence-corrected chi connectivity index (χ3v) is 6.25. The van der Waals surface area contributed by atoms with Crippen LogP contribution in [-0.2, 0) is 0 Å². The number of carboxylic acids is 1. The second-order valence-corrected chi connectivity index (χ2v) is 9.27. The highest BCUT2D eigenvalue weighted by Gasteiger charge is 2.09. The monoisotopic (exact) mass is 528 g/mol. The number of hydrogen-bond acceptors (Lipinski definition) is 4. The standard InChI is InChI=1S/C21H16O3.C14H12O2/c1-15-2-6-17(7-3-15)18-8-10-19(11-9-18)21(23)24-20-12-4-16(14-22)5-13-20;1-10-2-4-11(5-3-10)12-6-8-13(9-7-12)14(15)16/h2-14H,1H3;2-9H,1H3,(H,15,16). The molecule has 0 atom stereocenters. The van der Waals surface area contributed by atoms with Gasteiger partial charge in [-0.2, -0.15) is 0 Å². The number of esters is 1. The Morgan fingerprint density at radius 1 is 0.550 bits per heavy atom. The molecule has 0 saturated carbocycles. The highest BCUT2D eigenvalue weighted by molar-refractivity contribution is 5.92. The van der Waals surface area contributed by atoms with Crippen molar-refractivity contribution in [2.75, 3.05) is 0 Å². The van der Waals surface area contributed by atoms with Crippen LogP contribution in [0.1, 0.15) is 42.2 Å². The van der Waals surface area contributed by atoms with Crippen LogP contribution in [0.5, 0.6) is 5.75 Å². The third-order valence-electron chi connectivity index (χ3n) is 6.25. The van der Waals surface area contributed by atoms with Crippen molar-refractivity contribution in [3.05, 3.63) is 149 Å². The van der Waals surface area contributed by atoms with E-state index in [1.165, 1.54) is 11.1 Å². The molecule has 0 saturated heterocycles. The zero-order valence-corrected chi connectivity index (χ0v) is 22.2. The lowest BCUT2D eigenvalue weighted by atomic mass is 10.0. The van der Waals surface area contributed by atoms with E-state index in [0.717, 1.165) is 28.5 Å². The topological polar surface area (TPSA) is 80.7 Å². The summed E-state index contributed by atoms with van der Waals surface area (Å²) in [5, 5.41) is 8.78. The van der Waals surface area contributed by atoms with Crippen LogP contribution in [-0.4, -0.2) is 23.3 Å². The molecule has 5 aromatic carbocycles. The predicted molar refractivity (Wildman–Crippen MR) is 157 cm³/mol. The minimum atomic E-state index is -0.893. The molecule has 0 aromatic heterocycles. The second kappa shape index (κ2) is 13.0. The SMILES string of the molecule is Cc1ccc(-c2ccc(C(=O)O)cc2)cc1.Cc1ccc(-c2ccc(C(=O)Oc3ccc(C=O)cc3)cc2)cc1. The molecule has 0 unspecified atom stereocenters. The lowest BCUT2D eigenvalue weighted by molar-refractivity contribution is 0.0694. The zero-order chi connectivity index (χ0) is 28.5. The average molecular weight is 529 g/mol. The van der Waals surface area contributed by atoms with Crippen molar-refractivity contribution in [3.8, 4) is 28.0 Å². The first-order valence-corrected chi connectivity index (χ1v) is 12.7. The molecule has 0 aliphatic heterocycles. The number of aldehydes is 1. The molecule has 0 amide bonds. The van der Waals surface area contributed by atoms with E-state index in [1.54, 1.807) is 48.5 Å². The quantitative estimate of drug-likeness (QED) is 0.137. The normalized spacial score (nSPS) is 10.2. The van der Waals surface area contributed by atoms with Crippen LogP contribution in [0.4, 0.5) is 0 Å². The fourth-order valence-corrected chi connectivity index (χ4v) is 3.88. The summed E-state index contributed by atoms with van der Waals surface area (Å²) in [6.45, 7) is 4.09. The Balaban J connectivity index is 0.000000201. The van der Waals surface area contributed by atoms with Crippen molar-refractivity contribution in [3.63, 3.8) is 0 Å². The first kappa shape index (κ1) is 27.7. The highest BCUT2D eigenvalue weighted by Crippen LogP contribution is 2.22. The largest absolute Gasteiger partial charge is 0.478 e. The van der Waals surface area contributed by atoms with Crippen LogP contribution < -0.4 is 4.74 Å². The second-order valence-electron chi connectivity index (χ2n) is 9.27. The number of ether oxygens (including phenoxy) is 1. The van der Waals surface area contributed by atoms with E-state index in [9.17, 15) is 14.4 Å². The fraction of sp³-hybridized carbons (Fsp3) is 0.0571. The van der Waals surface area contributed by atoms with Crippen LogP contribution in [0.15, 0.2) is 121 Å². The van der Waals surface area contributed by atoms with Crippen molar-refractivity contribution >= 4 is 18.2 Å². The van der Waals surface area contributed by atoms with Gasteiger partial charge in [-0.25, -0.2) is 9.59 Å². The fourth-order valence-electron chi connectivity index (χ4n) is 3.88. The van der Waals surface area contributed by atoms with Gasteiger partial charge in [-0.05, 0) is 84.6 Å². The van der Waals surface area contributed by atoms with Gasteiger partial charge in [0.25, 0.3) is 0 Å². The van der Waals surface area contributed by atoms with Crippen LogP contribution in [0.25, 0.3) is 22.3 Å². The Hall–Kier alpha value is -5.29. The molecule has 0 bridgehead atoms. The van der Waals surface area contributed by atoms with Gasteiger partial charge in [-0.15, -0.1) is 0 Å². The minimum Gasteiger partial charge on any atom is -0.478 e. The molecule has 0 spiro atoms. The van der Waals surface area contributed by atoms with Crippen molar-refractivity contribution in [2.24, 2.45) is 0 Å². The molecule has 0 aliphatic carbocycles. The molecule has 0 fully saturated rings. The molecule has 5 rings (SSSR count). The number of aromatic carboxylic acids is 1. The van der Waals surface area contributed by atoms with Gasteiger partial charge in [0.1, 0.15) is 12.0 Å². The van der Waals surface area contributed by atoms with E-state index in [1.807, 2.05) is 62.4 Å². The van der Waals surface area contributed by atoms with Gasteiger partial charge in [0.05, 0.1) is 11.1 Å². The highest BCUT2D eigenvalue weighted by atomic mass is 16.5. The third kappa shape index (κ3) is 7.39. The molecule has 198 valence electrons. The lowest BCUT2D eigenvalue weighted by Gasteiger charge is -2.06. The van der Waals surface area contributed by atoms with Gasteiger partial charge >= 0.3 is 11.9 Å². The smallest absolute Gasteiger partial charge is 0.343 e. The molecule has 5 aromatic rings. The molecule has 0 heterocycles. The summed E-state index contributed by atoms with van der Waals surface area (Å²) in [4.78, 5) is 33.5. The number of aryl methyl sites for hydroxylation is 2.